The smallest absolute Gasteiger partial charge is 0.318 e. The molecule has 2 saturated heterocycles. The molecule has 0 radical (unpaired) electrons. The summed E-state index contributed by atoms with van der Waals surface area (Å²) in [6.07, 6.45) is 10.9. The maximum absolute atomic E-state index is 13.0. The molecule has 1 N–H and O–H groups in total. The fourth-order valence-corrected chi connectivity index (χ4v) is 5.59. The summed E-state index contributed by atoms with van der Waals surface area (Å²) in [6, 6.07) is 0.589. The van der Waals surface area contributed by atoms with E-state index in [0.717, 1.165) is 56.9 Å². The molecule has 2 atom stereocenters. The second-order valence-electron chi connectivity index (χ2n) is 7.44. The fraction of sp³-hybridized carbons (Fsp3) is 0.778. The molecule has 3 heterocycles. The first-order valence-corrected chi connectivity index (χ1v) is 10.2. The lowest BCUT2D eigenvalue weighted by Crippen LogP contribution is -2.52. The molecular formula is C18H27N3O2S. The van der Waals surface area contributed by atoms with E-state index in [0.29, 0.717) is 6.04 Å². The molecule has 0 bridgehead atoms. The van der Waals surface area contributed by atoms with Gasteiger partial charge in [-0.05, 0) is 50.4 Å². The van der Waals surface area contributed by atoms with Crippen molar-refractivity contribution in [1.82, 2.24) is 15.2 Å². The fourth-order valence-electron chi connectivity index (χ4n) is 4.80. The molecular weight excluding hydrogens is 322 g/mol. The highest BCUT2D eigenvalue weighted by atomic mass is 32.1. The van der Waals surface area contributed by atoms with E-state index >= 15 is 0 Å². The van der Waals surface area contributed by atoms with Crippen molar-refractivity contribution < 1.29 is 9.53 Å². The number of carbonyl (C=O) groups is 1. The number of thiazole rings is 1. The zero-order chi connectivity index (χ0) is 16.4. The highest BCUT2D eigenvalue weighted by Gasteiger charge is 2.45. The Hall–Kier alpha value is -1.14. The normalized spacial score (nSPS) is 29.8. The average Bonchev–Trinajstić information content (AvgIpc) is 3.27. The van der Waals surface area contributed by atoms with Crippen molar-refractivity contribution in [2.24, 2.45) is 5.41 Å². The number of hydrogen-bond acceptors (Lipinski definition) is 4. The Morgan fingerprint density at radius 3 is 2.92 bits per heavy atom. The number of likely N-dealkylation sites (tertiary alicyclic amines) is 1. The van der Waals surface area contributed by atoms with Crippen molar-refractivity contribution in [2.45, 2.75) is 63.5 Å². The summed E-state index contributed by atoms with van der Waals surface area (Å²) in [7, 11) is 0. The molecule has 1 aliphatic carbocycles. The van der Waals surface area contributed by atoms with Crippen molar-refractivity contribution in [2.75, 3.05) is 19.8 Å². The van der Waals surface area contributed by atoms with Gasteiger partial charge in [-0.15, -0.1) is 11.3 Å². The van der Waals surface area contributed by atoms with Gasteiger partial charge in [0.05, 0.1) is 6.04 Å². The summed E-state index contributed by atoms with van der Waals surface area (Å²) >= 11 is 1.67. The number of hydrogen-bond donors (Lipinski definition) is 1. The van der Waals surface area contributed by atoms with E-state index < -0.39 is 0 Å². The Labute approximate surface area is 147 Å². The standard InChI is InChI=1S/C18H27N3O2S/c22-17(20-15-5-3-6-18(15)7-11-23-12-8-18)21-10-2-1-4-14(21)16-19-9-13-24-16/h9,13-15H,1-8,10-12H2,(H,20,22)/t14-,15-/m1/s1. The van der Waals surface area contributed by atoms with Crippen molar-refractivity contribution in [3.05, 3.63) is 16.6 Å². The Bertz CT molecular complexity index is 557. The predicted molar refractivity (Wildman–Crippen MR) is 94.1 cm³/mol. The SMILES string of the molecule is O=C(N[C@@H]1CCCC12CCOCC2)N1CCCC[C@@H]1c1nccs1. The van der Waals surface area contributed by atoms with Gasteiger partial charge in [0.15, 0.2) is 0 Å². The van der Waals surface area contributed by atoms with Gasteiger partial charge in [-0.25, -0.2) is 9.78 Å². The zero-order valence-electron chi connectivity index (χ0n) is 14.2. The monoisotopic (exact) mass is 349 g/mol. The predicted octanol–water partition coefficient (Wildman–Crippen LogP) is 3.73. The largest absolute Gasteiger partial charge is 0.381 e. The first kappa shape index (κ1) is 16.3. The van der Waals surface area contributed by atoms with Crippen molar-refractivity contribution in [3.63, 3.8) is 0 Å². The number of carbonyl (C=O) groups excluding carboxylic acids is 1. The van der Waals surface area contributed by atoms with E-state index in [4.69, 9.17) is 4.74 Å². The molecule has 1 spiro atoms. The van der Waals surface area contributed by atoms with E-state index in [1.165, 1.54) is 19.3 Å². The van der Waals surface area contributed by atoms with Gasteiger partial charge >= 0.3 is 6.03 Å². The molecule has 6 heteroatoms. The third-order valence-electron chi connectivity index (χ3n) is 6.19. The summed E-state index contributed by atoms with van der Waals surface area (Å²) < 4.78 is 5.56. The third-order valence-corrected chi connectivity index (χ3v) is 7.07. The third kappa shape index (κ3) is 3.06. The molecule has 24 heavy (non-hydrogen) atoms. The minimum Gasteiger partial charge on any atom is -0.381 e. The molecule has 3 aliphatic rings. The van der Waals surface area contributed by atoms with Crippen LogP contribution in [0.25, 0.3) is 0 Å². The van der Waals surface area contributed by atoms with Crippen molar-refractivity contribution in [3.8, 4) is 0 Å². The van der Waals surface area contributed by atoms with Crippen LogP contribution in [0.1, 0.15) is 62.4 Å². The molecule has 0 aromatic carbocycles. The summed E-state index contributed by atoms with van der Waals surface area (Å²) in [6.45, 7) is 2.54. The Morgan fingerprint density at radius 1 is 1.25 bits per heavy atom. The molecule has 132 valence electrons. The zero-order valence-corrected chi connectivity index (χ0v) is 15.0. The van der Waals surface area contributed by atoms with Gasteiger partial charge in [-0.2, -0.15) is 0 Å². The van der Waals surface area contributed by atoms with E-state index in [1.54, 1.807) is 11.3 Å². The highest BCUT2D eigenvalue weighted by Crippen LogP contribution is 2.46. The van der Waals surface area contributed by atoms with E-state index in [1.807, 2.05) is 16.5 Å². The number of aromatic nitrogens is 1. The van der Waals surface area contributed by atoms with Crippen LogP contribution in [0.15, 0.2) is 11.6 Å². The number of nitrogens with zero attached hydrogens (tertiary/aromatic N) is 2. The Morgan fingerprint density at radius 2 is 2.12 bits per heavy atom. The van der Waals surface area contributed by atoms with Gasteiger partial charge < -0.3 is 15.0 Å². The van der Waals surface area contributed by atoms with Crippen LogP contribution in [0.5, 0.6) is 0 Å². The van der Waals surface area contributed by atoms with Crippen molar-refractivity contribution >= 4 is 17.4 Å². The minimum absolute atomic E-state index is 0.118. The molecule has 2 aliphatic heterocycles. The van der Waals surface area contributed by atoms with Gasteiger partial charge in [0.25, 0.3) is 0 Å². The van der Waals surface area contributed by atoms with Gasteiger partial charge in [-0.3, -0.25) is 0 Å². The second-order valence-corrected chi connectivity index (χ2v) is 8.37. The Balaban J connectivity index is 1.46. The maximum atomic E-state index is 13.0. The number of urea groups is 1. The molecule has 4 rings (SSSR count). The molecule has 1 aromatic rings. The van der Waals surface area contributed by atoms with Crippen LogP contribution < -0.4 is 5.32 Å². The van der Waals surface area contributed by atoms with E-state index in [2.05, 4.69) is 10.3 Å². The van der Waals surface area contributed by atoms with Crippen LogP contribution >= 0.6 is 11.3 Å². The lowest BCUT2D eigenvalue weighted by Gasteiger charge is -2.41. The molecule has 1 aromatic heterocycles. The number of rotatable bonds is 2. The first-order chi connectivity index (χ1) is 11.8. The maximum Gasteiger partial charge on any atom is 0.318 e. The molecule has 1 saturated carbocycles. The van der Waals surface area contributed by atoms with Gasteiger partial charge in [0.2, 0.25) is 0 Å². The quantitative estimate of drug-likeness (QED) is 0.885. The molecule has 3 fully saturated rings. The second kappa shape index (κ2) is 7.00. The average molecular weight is 349 g/mol. The van der Waals surface area contributed by atoms with Crippen LogP contribution in [-0.4, -0.2) is 41.7 Å². The lowest BCUT2D eigenvalue weighted by molar-refractivity contribution is 0.00486. The lowest BCUT2D eigenvalue weighted by atomic mass is 9.75. The van der Waals surface area contributed by atoms with Gasteiger partial charge in [0, 0.05) is 37.4 Å². The minimum atomic E-state index is 0.118. The summed E-state index contributed by atoms with van der Waals surface area (Å²) in [5, 5.41) is 6.50. The molecule has 2 amide bonds. The van der Waals surface area contributed by atoms with Gasteiger partial charge in [0.1, 0.15) is 5.01 Å². The summed E-state index contributed by atoms with van der Waals surface area (Å²) in [5.74, 6) is 0. The van der Waals surface area contributed by atoms with Crippen LogP contribution in [0, 0.1) is 5.41 Å². The van der Waals surface area contributed by atoms with Gasteiger partial charge in [-0.1, -0.05) is 6.42 Å². The van der Waals surface area contributed by atoms with Crippen molar-refractivity contribution in [1.29, 1.82) is 0 Å². The number of amides is 2. The van der Waals surface area contributed by atoms with Crippen LogP contribution in [0.2, 0.25) is 0 Å². The summed E-state index contributed by atoms with van der Waals surface area (Å²) in [4.78, 5) is 19.5. The highest BCUT2D eigenvalue weighted by molar-refractivity contribution is 7.09. The molecule has 0 unspecified atom stereocenters. The number of nitrogens with one attached hydrogen (secondary N) is 1. The summed E-state index contributed by atoms with van der Waals surface area (Å²) in [5.41, 5.74) is 0.278. The number of piperidine rings is 1. The van der Waals surface area contributed by atoms with Crippen LogP contribution in [-0.2, 0) is 4.74 Å². The molecule has 5 nitrogen and oxygen atoms in total. The Kier molecular flexibility index (Phi) is 4.77. The first-order valence-electron chi connectivity index (χ1n) is 9.33. The van der Waals surface area contributed by atoms with E-state index in [9.17, 15) is 4.79 Å². The topological polar surface area (TPSA) is 54.5 Å². The number of ether oxygens (including phenoxy) is 1. The van der Waals surface area contributed by atoms with E-state index in [-0.39, 0.29) is 17.5 Å². The van der Waals surface area contributed by atoms with Crippen LogP contribution in [0.3, 0.4) is 0 Å². The van der Waals surface area contributed by atoms with Crippen LogP contribution in [0.4, 0.5) is 4.79 Å².